The Labute approximate surface area is 149 Å². The highest BCUT2D eigenvalue weighted by Crippen LogP contribution is 2.38. The molecule has 1 N–H and O–H groups in total. The summed E-state index contributed by atoms with van der Waals surface area (Å²) in [4.78, 5) is 16.4. The minimum Gasteiger partial charge on any atom is -0.493 e. The zero-order chi connectivity index (χ0) is 19.2. The van der Waals surface area contributed by atoms with Crippen LogP contribution in [-0.2, 0) is 17.4 Å². The number of amides is 2. The van der Waals surface area contributed by atoms with Crippen LogP contribution in [0.3, 0.4) is 0 Å². The topological polar surface area (TPSA) is 50.8 Å². The molecule has 8 heteroatoms. The number of anilines is 1. The fraction of sp³-hybridized carbons (Fsp3) is 0.278. The molecule has 0 aliphatic carbocycles. The average Bonchev–Trinajstić information content (AvgIpc) is 2.62. The number of ether oxygens (including phenoxy) is 1. The van der Waals surface area contributed by atoms with Crippen molar-refractivity contribution >= 4 is 11.7 Å². The van der Waals surface area contributed by atoms with Crippen LogP contribution in [0.4, 0.5) is 23.7 Å². The zero-order valence-electron chi connectivity index (χ0n) is 14.3. The zero-order valence-corrected chi connectivity index (χ0v) is 14.3. The van der Waals surface area contributed by atoms with Gasteiger partial charge in [-0.25, -0.2) is 9.86 Å². The highest BCUT2D eigenvalue weighted by molar-refractivity contribution is 5.88. The second-order valence-electron chi connectivity index (χ2n) is 5.40. The Hall–Kier alpha value is -2.74. The van der Waals surface area contributed by atoms with Gasteiger partial charge < -0.3 is 10.1 Å². The molecule has 2 amide bonds. The molecule has 0 heterocycles. The normalized spacial score (nSPS) is 11.1. The molecule has 2 aromatic rings. The van der Waals surface area contributed by atoms with Gasteiger partial charge in [0.25, 0.3) is 0 Å². The largest absolute Gasteiger partial charge is 0.493 e. The fourth-order valence-corrected chi connectivity index (χ4v) is 2.16. The van der Waals surface area contributed by atoms with Crippen molar-refractivity contribution in [1.29, 1.82) is 0 Å². The maximum Gasteiger partial charge on any atom is 0.420 e. The number of urea groups is 1. The van der Waals surface area contributed by atoms with Gasteiger partial charge in [0.15, 0.2) is 0 Å². The lowest BCUT2D eigenvalue weighted by Crippen LogP contribution is -2.30. The summed E-state index contributed by atoms with van der Waals surface area (Å²) in [6.07, 6.45) is -4.13. The van der Waals surface area contributed by atoms with Gasteiger partial charge in [0.1, 0.15) is 5.75 Å². The van der Waals surface area contributed by atoms with E-state index in [0.717, 1.165) is 16.7 Å². The lowest BCUT2D eigenvalue weighted by molar-refractivity contribution is -0.138. The average molecular weight is 368 g/mol. The van der Waals surface area contributed by atoms with Crippen LogP contribution in [0.2, 0.25) is 0 Å². The van der Waals surface area contributed by atoms with Crippen LogP contribution in [0, 0.1) is 0 Å². The Balaban J connectivity index is 2.11. The Morgan fingerprint density at radius 2 is 1.85 bits per heavy atom. The maximum atomic E-state index is 13.3. The number of nitrogens with one attached hydrogen (secondary N) is 1. The number of rotatable bonds is 6. The van der Waals surface area contributed by atoms with Gasteiger partial charge in [-0.1, -0.05) is 30.3 Å². The third kappa shape index (κ3) is 5.38. The van der Waals surface area contributed by atoms with Crippen molar-refractivity contribution in [1.82, 2.24) is 5.06 Å². The van der Waals surface area contributed by atoms with Crippen molar-refractivity contribution < 1.29 is 27.5 Å². The number of hydroxylamine groups is 2. The van der Waals surface area contributed by atoms with Gasteiger partial charge in [0, 0.05) is 19.2 Å². The predicted octanol–water partition coefficient (Wildman–Crippen LogP) is 4.35. The molecular formula is C18H19F3N2O3. The fourth-order valence-electron chi connectivity index (χ4n) is 2.16. The lowest BCUT2D eigenvalue weighted by atomic mass is 10.1. The Kier molecular flexibility index (Phi) is 6.46. The van der Waals surface area contributed by atoms with E-state index in [0.29, 0.717) is 6.42 Å². The van der Waals surface area contributed by atoms with Crippen molar-refractivity contribution in [3.8, 4) is 5.75 Å². The van der Waals surface area contributed by atoms with E-state index in [-0.39, 0.29) is 18.0 Å². The van der Waals surface area contributed by atoms with Gasteiger partial charge >= 0.3 is 12.2 Å². The first-order valence-corrected chi connectivity index (χ1v) is 7.78. The first-order valence-electron chi connectivity index (χ1n) is 7.78. The van der Waals surface area contributed by atoms with Crippen molar-refractivity contribution in [2.45, 2.75) is 12.6 Å². The predicted molar refractivity (Wildman–Crippen MR) is 90.9 cm³/mol. The smallest absolute Gasteiger partial charge is 0.420 e. The van der Waals surface area contributed by atoms with E-state index in [9.17, 15) is 18.0 Å². The molecule has 0 aromatic heterocycles. The van der Waals surface area contributed by atoms with Crippen molar-refractivity contribution in [2.24, 2.45) is 0 Å². The second-order valence-corrected chi connectivity index (χ2v) is 5.40. The number of hydrogen-bond donors (Lipinski definition) is 1. The summed E-state index contributed by atoms with van der Waals surface area (Å²) in [5.41, 5.74) is -0.00221. The molecule has 0 spiro atoms. The van der Waals surface area contributed by atoms with Gasteiger partial charge in [0.05, 0.1) is 19.3 Å². The van der Waals surface area contributed by atoms with E-state index in [2.05, 4.69) is 10.2 Å². The molecule has 2 aromatic carbocycles. The van der Waals surface area contributed by atoms with Gasteiger partial charge in [-0.2, -0.15) is 13.2 Å². The van der Waals surface area contributed by atoms with Crippen molar-refractivity contribution in [3.63, 3.8) is 0 Å². The monoisotopic (exact) mass is 368 g/mol. The molecule has 0 radical (unpaired) electrons. The SMILES string of the molecule is CON(C)C(=O)Nc1ccc(OCCc2ccccc2)c(C(F)(F)F)c1. The molecule has 140 valence electrons. The summed E-state index contributed by atoms with van der Waals surface area (Å²) >= 11 is 0. The molecule has 5 nitrogen and oxygen atoms in total. The van der Waals surface area contributed by atoms with E-state index in [1.807, 2.05) is 30.3 Å². The summed E-state index contributed by atoms with van der Waals surface area (Å²) in [6, 6.07) is 12.0. The van der Waals surface area contributed by atoms with E-state index in [4.69, 9.17) is 4.74 Å². The van der Waals surface area contributed by atoms with Crippen LogP contribution in [0.25, 0.3) is 0 Å². The van der Waals surface area contributed by atoms with Crippen LogP contribution >= 0.6 is 0 Å². The first-order chi connectivity index (χ1) is 12.3. The number of hydrogen-bond acceptors (Lipinski definition) is 3. The molecular weight excluding hydrogens is 349 g/mol. The van der Waals surface area contributed by atoms with Gasteiger partial charge in [-0.15, -0.1) is 0 Å². The Morgan fingerprint density at radius 1 is 1.15 bits per heavy atom. The van der Waals surface area contributed by atoms with Gasteiger partial charge in [-0.05, 0) is 23.8 Å². The Bertz CT molecular complexity index is 736. The lowest BCUT2D eigenvalue weighted by Gasteiger charge is -2.18. The molecule has 0 aliphatic rings. The molecule has 0 bridgehead atoms. The van der Waals surface area contributed by atoms with Crippen LogP contribution < -0.4 is 10.1 Å². The molecule has 0 atom stereocenters. The maximum absolute atomic E-state index is 13.3. The minimum atomic E-state index is -4.62. The summed E-state index contributed by atoms with van der Waals surface area (Å²) in [5.74, 6) is -0.286. The molecule has 2 rings (SSSR count). The highest BCUT2D eigenvalue weighted by atomic mass is 19.4. The third-order valence-electron chi connectivity index (χ3n) is 3.59. The number of benzene rings is 2. The number of nitrogens with zero attached hydrogens (tertiary/aromatic N) is 1. The first kappa shape index (κ1) is 19.6. The summed E-state index contributed by atoms with van der Waals surface area (Å²) in [5, 5.41) is 3.18. The van der Waals surface area contributed by atoms with E-state index in [1.165, 1.54) is 26.3 Å². The molecule has 0 saturated carbocycles. The summed E-state index contributed by atoms with van der Waals surface area (Å²) in [7, 11) is 2.60. The molecule has 0 unspecified atom stereocenters. The number of alkyl halides is 3. The highest BCUT2D eigenvalue weighted by Gasteiger charge is 2.35. The third-order valence-corrected chi connectivity index (χ3v) is 3.59. The number of halogens is 3. The van der Waals surface area contributed by atoms with Gasteiger partial charge in [-0.3, -0.25) is 4.84 Å². The summed E-state index contributed by atoms with van der Waals surface area (Å²) in [6.45, 7) is 0.102. The molecule has 0 aliphatic heterocycles. The number of carbonyl (C=O) groups excluding carboxylic acids is 1. The van der Waals surface area contributed by atoms with Crippen molar-refractivity contribution in [3.05, 3.63) is 59.7 Å². The van der Waals surface area contributed by atoms with Crippen LogP contribution in [0.1, 0.15) is 11.1 Å². The van der Waals surface area contributed by atoms with Crippen LogP contribution in [0.15, 0.2) is 48.5 Å². The Morgan fingerprint density at radius 3 is 2.46 bits per heavy atom. The standard InChI is InChI=1S/C18H19F3N2O3/c1-23(25-2)17(24)22-14-8-9-16(15(12-14)18(19,20)21)26-11-10-13-6-4-3-5-7-13/h3-9,12H,10-11H2,1-2H3,(H,22,24). The molecule has 0 fully saturated rings. The second kappa shape index (κ2) is 8.57. The molecule has 26 heavy (non-hydrogen) atoms. The quantitative estimate of drug-likeness (QED) is 0.771. The van der Waals surface area contributed by atoms with Gasteiger partial charge in [0.2, 0.25) is 0 Å². The van der Waals surface area contributed by atoms with Crippen LogP contribution in [-0.4, -0.2) is 31.9 Å². The van der Waals surface area contributed by atoms with E-state index >= 15 is 0 Å². The molecule has 0 saturated heterocycles. The minimum absolute atomic E-state index is 0.0124. The van der Waals surface area contributed by atoms with E-state index < -0.39 is 17.8 Å². The van der Waals surface area contributed by atoms with E-state index in [1.54, 1.807) is 0 Å². The number of carbonyl (C=O) groups is 1. The van der Waals surface area contributed by atoms with Crippen molar-refractivity contribution in [2.75, 3.05) is 26.1 Å². The summed E-state index contributed by atoms with van der Waals surface area (Å²) < 4.78 is 45.3. The van der Waals surface area contributed by atoms with Crippen LogP contribution in [0.5, 0.6) is 5.75 Å².